The van der Waals surface area contributed by atoms with E-state index in [9.17, 15) is 4.79 Å². The summed E-state index contributed by atoms with van der Waals surface area (Å²) in [6.45, 7) is 2.60. The number of fused-ring (bicyclic) bond motifs is 1. The predicted octanol–water partition coefficient (Wildman–Crippen LogP) is 7.28. The Balaban J connectivity index is 1.56. The van der Waals surface area contributed by atoms with Gasteiger partial charge in [0.25, 0.3) is 0 Å². The van der Waals surface area contributed by atoms with Crippen LogP contribution in [0.15, 0.2) is 69.3 Å². The highest BCUT2D eigenvalue weighted by Gasteiger charge is 2.15. The fraction of sp³-hybridized carbons (Fsp3) is 0.296. The molecular weight excluding hydrogens is 466 g/mol. The van der Waals surface area contributed by atoms with Crippen LogP contribution in [0.3, 0.4) is 0 Å². The van der Waals surface area contributed by atoms with Gasteiger partial charge in [-0.2, -0.15) is 0 Å². The van der Waals surface area contributed by atoms with E-state index in [2.05, 4.69) is 39.5 Å². The molecular formula is C27H28BrNO3. The first-order chi connectivity index (χ1) is 15.5. The first kappa shape index (κ1) is 22.4. The molecule has 1 heterocycles. The van der Waals surface area contributed by atoms with Gasteiger partial charge in [0.05, 0.1) is 13.4 Å². The molecule has 0 fully saturated rings. The van der Waals surface area contributed by atoms with Crippen LogP contribution in [0.4, 0.5) is 0 Å². The molecule has 0 spiro atoms. The molecule has 2 aromatic carbocycles. The van der Waals surface area contributed by atoms with E-state index in [4.69, 9.17) is 9.15 Å². The number of ether oxygens (including phenoxy) is 1. The first-order valence-electron chi connectivity index (χ1n) is 11.0. The maximum absolute atomic E-state index is 12.5. The summed E-state index contributed by atoms with van der Waals surface area (Å²) in [5.41, 5.74) is 6.02. The monoisotopic (exact) mass is 493 g/mol. The summed E-state index contributed by atoms with van der Waals surface area (Å²) >= 11 is 3.48. The van der Waals surface area contributed by atoms with Gasteiger partial charge in [0, 0.05) is 39.7 Å². The highest BCUT2D eigenvalue weighted by atomic mass is 79.9. The normalized spacial score (nSPS) is 14.3. The second kappa shape index (κ2) is 10.2. The molecule has 1 aliphatic rings. The van der Waals surface area contributed by atoms with Crippen LogP contribution in [-0.4, -0.2) is 19.6 Å². The lowest BCUT2D eigenvalue weighted by Crippen LogP contribution is -2.23. The van der Waals surface area contributed by atoms with Crippen LogP contribution in [0.25, 0.3) is 27.7 Å². The van der Waals surface area contributed by atoms with Crippen molar-refractivity contribution in [2.75, 3.05) is 13.7 Å². The molecule has 0 atom stereocenters. The van der Waals surface area contributed by atoms with E-state index in [1.54, 1.807) is 19.4 Å². The van der Waals surface area contributed by atoms with Crippen LogP contribution < -0.4 is 10.1 Å². The lowest BCUT2D eigenvalue weighted by molar-refractivity contribution is -0.116. The minimum Gasteiger partial charge on any atom is -0.496 e. The van der Waals surface area contributed by atoms with E-state index in [1.807, 2.05) is 31.2 Å². The molecule has 1 aliphatic carbocycles. The van der Waals surface area contributed by atoms with Gasteiger partial charge in [-0.25, -0.2) is 0 Å². The summed E-state index contributed by atoms with van der Waals surface area (Å²) in [5.74, 6) is 0.601. The second-order valence-corrected chi connectivity index (χ2v) is 9.10. The highest BCUT2D eigenvalue weighted by Crippen LogP contribution is 2.37. The number of hydrogen-bond acceptors (Lipinski definition) is 3. The van der Waals surface area contributed by atoms with Crippen molar-refractivity contribution < 1.29 is 13.9 Å². The van der Waals surface area contributed by atoms with Crippen LogP contribution in [-0.2, 0) is 4.79 Å². The average Bonchev–Trinajstić information content (AvgIpc) is 3.22. The number of benzene rings is 2. The number of carbonyl (C=O) groups is 1. The van der Waals surface area contributed by atoms with Crippen LogP contribution in [0, 0.1) is 0 Å². The van der Waals surface area contributed by atoms with E-state index < -0.39 is 0 Å². The maximum Gasteiger partial charge on any atom is 0.244 e. The number of allylic oxidation sites excluding steroid dienone is 2. The van der Waals surface area contributed by atoms with Crippen molar-refractivity contribution in [3.05, 3.63) is 70.4 Å². The number of halogens is 1. The van der Waals surface area contributed by atoms with E-state index in [0.29, 0.717) is 12.3 Å². The van der Waals surface area contributed by atoms with Gasteiger partial charge in [0.2, 0.25) is 5.91 Å². The number of rotatable bonds is 7. The van der Waals surface area contributed by atoms with Gasteiger partial charge in [-0.15, -0.1) is 0 Å². The summed E-state index contributed by atoms with van der Waals surface area (Å²) < 4.78 is 12.4. The Morgan fingerprint density at radius 3 is 2.75 bits per heavy atom. The third-order valence-electron chi connectivity index (χ3n) is 5.95. The SMILES string of the molecule is COc1cc2occ(-c3ccc(Br)cc3)c2cc1/C(C)=C/C(=O)NCCC1=CCCCC1. The fourth-order valence-corrected chi connectivity index (χ4v) is 4.45. The molecule has 1 amide bonds. The van der Waals surface area contributed by atoms with Gasteiger partial charge in [-0.1, -0.05) is 39.7 Å². The lowest BCUT2D eigenvalue weighted by Gasteiger charge is -2.13. The average molecular weight is 494 g/mol. The van der Waals surface area contributed by atoms with Crippen molar-refractivity contribution in [2.24, 2.45) is 0 Å². The number of furan rings is 1. The van der Waals surface area contributed by atoms with Crippen LogP contribution >= 0.6 is 15.9 Å². The Morgan fingerprint density at radius 1 is 1.22 bits per heavy atom. The number of methoxy groups -OCH3 is 1. The van der Waals surface area contributed by atoms with Crippen molar-refractivity contribution in [1.82, 2.24) is 5.32 Å². The number of nitrogens with one attached hydrogen (secondary N) is 1. The Labute approximate surface area is 197 Å². The van der Waals surface area contributed by atoms with Crippen molar-refractivity contribution in [3.63, 3.8) is 0 Å². The molecule has 1 aromatic heterocycles. The molecule has 4 rings (SSSR count). The Hall–Kier alpha value is -2.79. The minimum absolute atomic E-state index is 0.0820. The van der Waals surface area contributed by atoms with E-state index in [-0.39, 0.29) is 5.91 Å². The standard InChI is InChI=1S/C27H28BrNO3/c1-18(14-27(30)29-13-12-19-6-4-3-5-7-19)22-15-23-24(20-8-10-21(28)11-9-20)17-32-26(23)16-25(22)31-2/h6,8-11,14-17H,3-5,7,12-13H2,1-2H3,(H,29,30)/b18-14+. The van der Waals surface area contributed by atoms with E-state index in [1.165, 1.54) is 24.8 Å². The zero-order chi connectivity index (χ0) is 22.5. The zero-order valence-electron chi connectivity index (χ0n) is 18.5. The summed E-state index contributed by atoms with van der Waals surface area (Å²) in [5, 5.41) is 4.01. The summed E-state index contributed by atoms with van der Waals surface area (Å²) in [6, 6.07) is 12.1. The molecule has 1 N–H and O–H groups in total. The topological polar surface area (TPSA) is 51.5 Å². The zero-order valence-corrected chi connectivity index (χ0v) is 20.1. The highest BCUT2D eigenvalue weighted by molar-refractivity contribution is 9.10. The number of hydrogen-bond donors (Lipinski definition) is 1. The molecule has 4 nitrogen and oxygen atoms in total. The third kappa shape index (κ3) is 5.16. The lowest BCUT2D eigenvalue weighted by atomic mass is 9.97. The molecule has 166 valence electrons. The van der Waals surface area contributed by atoms with Crippen molar-refractivity contribution in [3.8, 4) is 16.9 Å². The Bertz CT molecular complexity index is 1170. The van der Waals surface area contributed by atoms with Gasteiger partial charge < -0.3 is 14.5 Å². The van der Waals surface area contributed by atoms with Gasteiger partial charge >= 0.3 is 0 Å². The van der Waals surface area contributed by atoms with Crippen LogP contribution in [0.1, 0.15) is 44.6 Å². The van der Waals surface area contributed by atoms with Crippen molar-refractivity contribution in [2.45, 2.75) is 39.0 Å². The van der Waals surface area contributed by atoms with Crippen LogP contribution in [0.5, 0.6) is 5.75 Å². The molecule has 0 radical (unpaired) electrons. The molecule has 0 aliphatic heterocycles. The maximum atomic E-state index is 12.5. The molecule has 0 unspecified atom stereocenters. The minimum atomic E-state index is -0.0820. The summed E-state index contributed by atoms with van der Waals surface area (Å²) in [7, 11) is 1.63. The predicted molar refractivity (Wildman–Crippen MR) is 134 cm³/mol. The van der Waals surface area contributed by atoms with Crippen LogP contribution in [0.2, 0.25) is 0 Å². The smallest absolute Gasteiger partial charge is 0.244 e. The van der Waals surface area contributed by atoms with Gasteiger partial charge in [-0.05, 0) is 68.4 Å². The van der Waals surface area contributed by atoms with Gasteiger partial charge in [0.15, 0.2) is 0 Å². The summed E-state index contributed by atoms with van der Waals surface area (Å²) in [6.07, 6.45) is 11.5. The Kier molecular flexibility index (Phi) is 7.15. The molecule has 3 aromatic rings. The number of carbonyl (C=O) groups excluding carboxylic acids is 1. The van der Waals surface area contributed by atoms with E-state index >= 15 is 0 Å². The largest absolute Gasteiger partial charge is 0.496 e. The van der Waals surface area contributed by atoms with E-state index in [0.717, 1.165) is 50.5 Å². The fourth-order valence-electron chi connectivity index (χ4n) is 4.19. The molecule has 0 saturated heterocycles. The van der Waals surface area contributed by atoms with Gasteiger partial charge in [-0.3, -0.25) is 4.79 Å². The number of amides is 1. The Morgan fingerprint density at radius 2 is 2.03 bits per heavy atom. The van der Waals surface area contributed by atoms with Crippen molar-refractivity contribution >= 4 is 38.4 Å². The quantitative estimate of drug-likeness (QED) is 0.277. The molecule has 0 saturated carbocycles. The molecule has 32 heavy (non-hydrogen) atoms. The van der Waals surface area contributed by atoms with Gasteiger partial charge in [0.1, 0.15) is 11.3 Å². The second-order valence-electron chi connectivity index (χ2n) is 8.18. The summed E-state index contributed by atoms with van der Waals surface area (Å²) in [4.78, 5) is 12.5. The first-order valence-corrected chi connectivity index (χ1v) is 11.8. The third-order valence-corrected chi connectivity index (χ3v) is 6.48. The van der Waals surface area contributed by atoms with Crippen molar-refractivity contribution in [1.29, 1.82) is 0 Å². The molecule has 0 bridgehead atoms. The molecule has 5 heteroatoms.